The minimum atomic E-state index is -0.330. The highest BCUT2D eigenvalue weighted by Crippen LogP contribution is 2.30. The number of piperidine rings is 1. The van der Waals surface area contributed by atoms with Gasteiger partial charge in [-0.3, -0.25) is 19.9 Å². The molecule has 45 heavy (non-hydrogen) atoms. The number of hydrogen-bond donors (Lipinski definition) is 3. The SMILES string of the molecule is Cc1cc(N2CCC(CN3CCN(c4ccc(Nc5ncc6c(n5)CNCC6)cc4)CC3)CC2)ccc1N1CCC(=O)NC1=O. The summed E-state index contributed by atoms with van der Waals surface area (Å²) in [5.41, 5.74) is 7.75. The number of nitrogens with zero attached hydrogens (tertiary/aromatic N) is 6. The third-order valence-electron chi connectivity index (χ3n) is 9.70. The van der Waals surface area contributed by atoms with E-state index in [1.165, 1.54) is 36.3 Å². The molecular formula is C34H43N9O2. The number of piperazine rings is 1. The fourth-order valence-electron chi connectivity index (χ4n) is 7.04. The molecule has 2 aromatic carbocycles. The number of anilines is 5. The van der Waals surface area contributed by atoms with Crippen molar-refractivity contribution in [2.75, 3.05) is 78.9 Å². The smallest absolute Gasteiger partial charge is 0.328 e. The molecule has 3 N–H and O–H groups in total. The quantitative estimate of drug-likeness (QED) is 0.370. The van der Waals surface area contributed by atoms with Crippen molar-refractivity contribution in [2.24, 2.45) is 5.92 Å². The molecule has 0 radical (unpaired) electrons. The van der Waals surface area contributed by atoms with E-state index >= 15 is 0 Å². The van der Waals surface area contributed by atoms with Crippen LogP contribution in [0.1, 0.15) is 36.1 Å². The molecule has 0 atom stereocenters. The van der Waals surface area contributed by atoms with Crippen molar-refractivity contribution in [3.8, 4) is 0 Å². The van der Waals surface area contributed by atoms with Gasteiger partial charge >= 0.3 is 6.03 Å². The van der Waals surface area contributed by atoms with Gasteiger partial charge in [0.25, 0.3) is 0 Å². The number of carbonyl (C=O) groups is 2. The van der Waals surface area contributed by atoms with Gasteiger partial charge in [-0.15, -0.1) is 0 Å². The van der Waals surface area contributed by atoms with Gasteiger partial charge in [-0.05, 0) is 92.2 Å². The van der Waals surface area contributed by atoms with Crippen LogP contribution in [0, 0.1) is 12.8 Å². The Balaban J connectivity index is 0.857. The van der Waals surface area contributed by atoms with Crippen LogP contribution in [0.15, 0.2) is 48.7 Å². The molecule has 3 fully saturated rings. The maximum atomic E-state index is 12.3. The average Bonchev–Trinajstić information content (AvgIpc) is 3.06. The highest BCUT2D eigenvalue weighted by atomic mass is 16.2. The van der Waals surface area contributed by atoms with Gasteiger partial charge in [-0.2, -0.15) is 0 Å². The van der Waals surface area contributed by atoms with Crippen molar-refractivity contribution in [1.29, 1.82) is 0 Å². The number of carbonyl (C=O) groups excluding carboxylic acids is 2. The zero-order valence-electron chi connectivity index (χ0n) is 26.1. The molecule has 4 aliphatic rings. The average molecular weight is 610 g/mol. The van der Waals surface area contributed by atoms with Crippen molar-refractivity contribution >= 4 is 40.6 Å². The molecule has 7 rings (SSSR count). The second kappa shape index (κ2) is 13.0. The van der Waals surface area contributed by atoms with Crippen LogP contribution in [0.25, 0.3) is 0 Å². The van der Waals surface area contributed by atoms with Crippen molar-refractivity contribution < 1.29 is 9.59 Å². The molecule has 11 heteroatoms. The largest absolute Gasteiger partial charge is 0.372 e. The molecule has 0 bridgehead atoms. The maximum absolute atomic E-state index is 12.3. The first-order chi connectivity index (χ1) is 22.0. The van der Waals surface area contributed by atoms with Gasteiger partial charge in [-0.1, -0.05) is 0 Å². The predicted molar refractivity (Wildman–Crippen MR) is 177 cm³/mol. The molecule has 11 nitrogen and oxygen atoms in total. The topological polar surface area (TPSA) is 109 Å². The Morgan fingerprint density at radius 2 is 1.64 bits per heavy atom. The maximum Gasteiger partial charge on any atom is 0.328 e. The van der Waals surface area contributed by atoms with E-state index in [0.29, 0.717) is 18.9 Å². The van der Waals surface area contributed by atoms with Gasteiger partial charge in [0.15, 0.2) is 0 Å². The third-order valence-corrected chi connectivity index (χ3v) is 9.70. The summed E-state index contributed by atoms with van der Waals surface area (Å²) in [4.78, 5) is 42.3. The summed E-state index contributed by atoms with van der Waals surface area (Å²) in [5, 5.41) is 9.16. The van der Waals surface area contributed by atoms with Gasteiger partial charge in [0, 0.05) is 94.3 Å². The number of aromatic nitrogens is 2. The lowest BCUT2D eigenvalue weighted by atomic mass is 9.95. The Labute approximate surface area is 265 Å². The van der Waals surface area contributed by atoms with E-state index in [1.807, 2.05) is 19.2 Å². The Morgan fingerprint density at radius 3 is 2.40 bits per heavy atom. The van der Waals surface area contributed by atoms with Crippen LogP contribution in [0.3, 0.4) is 0 Å². The summed E-state index contributed by atoms with van der Waals surface area (Å²) >= 11 is 0. The zero-order chi connectivity index (χ0) is 30.8. The number of nitrogens with one attached hydrogen (secondary N) is 3. The second-order valence-corrected chi connectivity index (χ2v) is 12.7. The minimum Gasteiger partial charge on any atom is -0.372 e. The van der Waals surface area contributed by atoms with Crippen LogP contribution in [0.2, 0.25) is 0 Å². The standard InChI is InChI=1S/C34H43N9O2/c1-24-20-29(6-7-31(24)43-15-11-32(44)39-34(43)45)41-13-9-25(10-14-41)23-40-16-18-42(19-17-40)28-4-2-27(3-5-28)37-33-36-21-26-8-12-35-22-30(26)38-33/h2-7,20-21,25,35H,8-19,22-23H2,1H3,(H,36,37,38)(H,39,44,45). The van der Waals surface area contributed by atoms with Crippen molar-refractivity contribution in [2.45, 2.75) is 39.2 Å². The lowest BCUT2D eigenvalue weighted by molar-refractivity contribution is -0.120. The molecule has 3 saturated heterocycles. The molecule has 3 amide bonds. The highest BCUT2D eigenvalue weighted by Gasteiger charge is 2.27. The molecule has 3 aromatic rings. The lowest BCUT2D eigenvalue weighted by Crippen LogP contribution is -2.49. The number of imide groups is 1. The predicted octanol–water partition coefficient (Wildman–Crippen LogP) is 3.66. The number of fused-ring (bicyclic) bond motifs is 1. The summed E-state index contributed by atoms with van der Waals surface area (Å²) in [7, 11) is 0. The zero-order valence-corrected chi connectivity index (χ0v) is 26.1. The lowest BCUT2D eigenvalue weighted by Gasteiger charge is -2.40. The third kappa shape index (κ3) is 6.74. The number of rotatable bonds is 7. The molecule has 5 heterocycles. The van der Waals surface area contributed by atoms with Crippen molar-refractivity contribution in [3.05, 3.63) is 65.5 Å². The van der Waals surface area contributed by atoms with E-state index in [0.717, 1.165) is 87.3 Å². The molecule has 0 saturated carbocycles. The van der Waals surface area contributed by atoms with Gasteiger partial charge < -0.3 is 20.4 Å². The Hall–Kier alpha value is -4.22. The fourth-order valence-corrected chi connectivity index (χ4v) is 7.04. The second-order valence-electron chi connectivity index (χ2n) is 12.7. The van der Waals surface area contributed by atoms with Crippen LogP contribution in [0.4, 0.5) is 33.5 Å². The summed E-state index contributed by atoms with van der Waals surface area (Å²) in [5.74, 6) is 1.17. The normalized spacial score (nSPS) is 19.8. The molecule has 0 aliphatic carbocycles. The Kier molecular flexibility index (Phi) is 8.53. The Morgan fingerprint density at radius 1 is 0.889 bits per heavy atom. The van der Waals surface area contributed by atoms with E-state index in [-0.39, 0.29) is 11.9 Å². The van der Waals surface area contributed by atoms with E-state index in [4.69, 9.17) is 4.98 Å². The van der Waals surface area contributed by atoms with Gasteiger partial charge in [-0.25, -0.2) is 14.8 Å². The van der Waals surface area contributed by atoms with E-state index in [2.05, 4.69) is 72.0 Å². The summed E-state index contributed by atoms with van der Waals surface area (Å²) in [6.45, 7) is 11.8. The monoisotopic (exact) mass is 609 g/mol. The van der Waals surface area contributed by atoms with Crippen molar-refractivity contribution in [1.82, 2.24) is 25.5 Å². The first-order valence-corrected chi connectivity index (χ1v) is 16.4. The van der Waals surface area contributed by atoms with Gasteiger partial charge in [0.2, 0.25) is 11.9 Å². The highest BCUT2D eigenvalue weighted by molar-refractivity contribution is 6.06. The molecular weight excluding hydrogens is 566 g/mol. The first kappa shape index (κ1) is 29.5. The number of hydrogen-bond acceptors (Lipinski definition) is 9. The minimum absolute atomic E-state index is 0.204. The molecule has 4 aliphatic heterocycles. The first-order valence-electron chi connectivity index (χ1n) is 16.4. The summed E-state index contributed by atoms with van der Waals surface area (Å²) in [6, 6.07) is 14.6. The number of benzene rings is 2. The number of amides is 3. The Bertz CT molecular complexity index is 1530. The van der Waals surface area contributed by atoms with Crippen LogP contribution in [-0.4, -0.2) is 85.7 Å². The van der Waals surface area contributed by atoms with Crippen LogP contribution in [-0.2, 0) is 17.8 Å². The summed E-state index contributed by atoms with van der Waals surface area (Å²) in [6.07, 6.45) is 5.66. The van der Waals surface area contributed by atoms with E-state index < -0.39 is 0 Å². The van der Waals surface area contributed by atoms with Gasteiger partial charge in [0.1, 0.15) is 0 Å². The molecule has 0 unspecified atom stereocenters. The van der Waals surface area contributed by atoms with Gasteiger partial charge in [0.05, 0.1) is 5.69 Å². The van der Waals surface area contributed by atoms with E-state index in [9.17, 15) is 9.59 Å². The summed E-state index contributed by atoms with van der Waals surface area (Å²) < 4.78 is 0. The van der Waals surface area contributed by atoms with Crippen LogP contribution >= 0.6 is 0 Å². The van der Waals surface area contributed by atoms with Crippen LogP contribution in [0.5, 0.6) is 0 Å². The van der Waals surface area contributed by atoms with Crippen molar-refractivity contribution in [3.63, 3.8) is 0 Å². The van der Waals surface area contributed by atoms with Crippen LogP contribution < -0.4 is 30.7 Å². The number of aryl methyl sites for hydroxylation is 1. The number of urea groups is 1. The molecule has 1 aromatic heterocycles. The molecule has 0 spiro atoms. The van der Waals surface area contributed by atoms with E-state index in [1.54, 1.807) is 4.90 Å². The fraction of sp³-hybridized carbons (Fsp3) is 0.471. The molecule has 236 valence electrons.